The van der Waals surface area contributed by atoms with Crippen molar-refractivity contribution >= 4 is 23.0 Å². The third-order valence-electron chi connectivity index (χ3n) is 6.26. The molecule has 1 aliphatic carbocycles. The number of ether oxygens (including phenoxy) is 1. The Morgan fingerprint density at radius 2 is 1.61 bits per heavy atom. The van der Waals surface area contributed by atoms with Crippen molar-refractivity contribution in [2.45, 2.75) is 12.5 Å². The Hall–Kier alpha value is -4.06. The molecule has 0 aliphatic heterocycles. The monoisotopic (exact) mass is 440 g/mol. The molecule has 6 heteroatoms. The van der Waals surface area contributed by atoms with Crippen LogP contribution in [0.4, 0.5) is 4.79 Å². The molecular formula is C27H24N2O4. The van der Waals surface area contributed by atoms with Gasteiger partial charge in [-0.15, -0.1) is 0 Å². The number of aliphatic carboxylic acids is 1. The molecule has 0 spiro atoms. The van der Waals surface area contributed by atoms with Gasteiger partial charge in [0.05, 0.1) is 12.1 Å². The maximum absolute atomic E-state index is 13.1. The molecule has 1 N–H and O–H groups in total. The Balaban J connectivity index is 1.38. The molecule has 3 aromatic carbocycles. The zero-order valence-electron chi connectivity index (χ0n) is 18.3. The topological polar surface area (TPSA) is 71.8 Å². The lowest BCUT2D eigenvalue weighted by atomic mass is 9.98. The van der Waals surface area contributed by atoms with E-state index in [4.69, 9.17) is 4.74 Å². The summed E-state index contributed by atoms with van der Waals surface area (Å²) in [6, 6.07) is 24.0. The van der Waals surface area contributed by atoms with Gasteiger partial charge in [-0.05, 0) is 39.3 Å². The number of rotatable bonds is 6. The number of carboxylic acids is 1. The smallest absolute Gasteiger partial charge is 0.410 e. The lowest BCUT2D eigenvalue weighted by Gasteiger charge is -2.23. The van der Waals surface area contributed by atoms with Crippen LogP contribution in [0.2, 0.25) is 0 Å². The first kappa shape index (κ1) is 20.8. The van der Waals surface area contributed by atoms with E-state index in [9.17, 15) is 14.7 Å². The molecule has 0 saturated carbocycles. The Labute approximate surface area is 191 Å². The minimum absolute atomic E-state index is 0.0793. The first-order valence-corrected chi connectivity index (χ1v) is 10.9. The zero-order chi connectivity index (χ0) is 22.9. The van der Waals surface area contributed by atoms with Crippen LogP contribution in [0.15, 0.2) is 79.0 Å². The van der Waals surface area contributed by atoms with Crippen LogP contribution in [0.1, 0.15) is 22.6 Å². The Morgan fingerprint density at radius 1 is 0.939 bits per heavy atom. The van der Waals surface area contributed by atoms with Crippen molar-refractivity contribution in [2.75, 3.05) is 13.2 Å². The molecule has 0 radical (unpaired) electrons. The Bertz CT molecular complexity index is 1310. The maximum Gasteiger partial charge on any atom is 0.410 e. The van der Waals surface area contributed by atoms with Crippen molar-refractivity contribution in [1.29, 1.82) is 0 Å². The summed E-state index contributed by atoms with van der Waals surface area (Å²) in [6.07, 6.45) is 1.31. The average Bonchev–Trinajstić information content (AvgIpc) is 3.35. The summed E-state index contributed by atoms with van der Waals surface area (Å²) < 4.78 is 7.69. The molecule has 5 rings (SSSR count). The van der Waals surface area contributed by atoms with Crippen molar-refractivity contribution in [3.63, 3.8) is 0 Å². The molecule has 0 fully saturated rings. The molecule has 166 valence electrons. The van der Waals surface area contributed by atoms with Crippen molar-refractivity contribution in [1.82, 2.24) is 9.47 Å². The van der Waals surface area contributed by atoms with E-state index in [1.54, 1.807) is 0 Å². The molecule has 1 aromatic heterocycles. The van der Waals surface area contributed by atoms with Gasteiger partial charge >= 0.3 is 12.1 Å². The summed E-state index contributed by atoms with van der Waals surface area (Å²) >= 11 is 0. The van der Waals surface area contributed by atoms with Gasteiger partial charge in [-0.2, -0.15) is 0 Å². The molecular weight excluding hydrogens is 416 g/mol. The van der Waals surface area contributed by atoms with Gasteiger partial charge in [-0.3, -0.25) is 9.69 Å². The number of aryl methyl sites for hydroxylation is 1. The van der Waals surface area contributed by atoms with Crippen molar-refractivity contribution in [3.8, 4) is 11.1 Å². The normalized spacial score (nSPS) is 12.4. The number of hydrogen-bond acceptors (Lipinski definition) is 3. The minimum atomic E-state index is -1.08. The molecule has 4 aromatic rings. The van der Waals surface area contributed by atoms with E-state index in [2.05, 4.69) is 24.3 Å². The highest BCUT2D eigenvalue weighted by Gasteiger charge is 2.30. The fourth-order valence-electron chi connectivity index (χ4n) is 4.81. The van der Waals surface area contributed by atoms with Crippen molar-refractivity contribution in [3.05, 3.63) is 95.7 Å². The van der Waals surface area contributed by atoms with Gasteiger partial charge in [-0.1, -0.05) is 66.7 Å². The Morgan fingerprint density at radius 3 is 2.27 bits per heavy atom. The highest BCUT2D eigenvalue weighted by molar-refractivity contribution is 5.84. The van der Waals surface area contributed by atoms with E-state index in [0.29, 0.717) is 0 Å². The molecule has 1 amide bonds. The van der Waals surface area contributed by atoms with Gasteiger partial charge in [0.15, 0.2) is 0 Å². The van der Waals surface area contributed by atoms with E-state index < -0.39 is 18.6 Å². The number of carbonyl (C=O) groups excluding carboxylic acids is 1. The molecule has 6 nitrogen and oxygen atoms in total. The molecule has 0 unspecified atom stereocenters. The molecule has 0 saturated heterocycles. The number of fused-ring (bicyclic) bond motifs is 4. The van der Waals surface area contributed by atoms with Crippen LogP contribution in [0.25, 0.3) is 22.0 Å². The first-order chi connectivity index (χ1) is 16.0. The number of carboxylic acid groups (broad SMARTS) is 1. The van der Waals surface area contributed by atoms with Crippen LogP contribution in [0.3, 0.4) is 0 Å². The zero-order valence-corrected chi connectivity index (χ0v) is 18.3. The predicted molar refractivity (Wildman–Crippen MR) is 126 cm³/mol. The van der Waals surface area contributed by atoms with Gasteiger partial charge in [0.25, 0.3) is 0 Å². The molecule has 0 atom stereocenters. The van der Waals surface area contributed by atoms with E-state index >= 15 is 0 Å². The third kappa shape index (κ3) is 3.84. The quantitative estimate of drug-likeness (QED) is 0.457. The van der Waals surface area contributed by atoms with Crippen molar-refractivity contribution < 1.29 is 19.4 Å². The Kier molecular flexibility index (Phi) is 5.34. The van der Waals surface area contributed by atoms with Crippen LogP contribution >= 0.6 is 0 Å². The highest BCUT2D eigenvalue weighted by atomic mass is 16.6. The number of carbonyl (C=O) groups is 2. The largest absolute Gasteiger partial charge is 0.480 e. The highest BCUT2D eigenvalue weighted by Crippen LogP contribution is 2.44. The third-order valence-corrected chi connectivity index (χ3v) is 6.26. The van der Waals surface area contributed by atoms with Gasteiger partial charge < -0.3 is 14.4 Å². The van der Waals surface area contributed by atoms with E-state index in [1.165, 1.54) is 4.90 Å². The second-order valence-electron chi connectivity index (χ2n) is 8.34. The lowest BCUT2D eigenvalue weighted by molar-refractivity contribution is -0.138. The fourth-order valence-corrected chi connectivity index (χ4v) is 4.81. The van der Waals surface area contributed by atoms with Crippen LogP contribution in [-0.4, -0.2) is 39.8 Å². The SMILES string of the molecule is Cn1ccc2cccc(CN(CC(=O)O)C(=O)OCC3c4ccccc4-c4ccccc43)c21. The summed E-state index contributed by atoms with van der Waals surface area (Å²) in [5.74, 6) is -1.16. The van der Waals surface area contributed by atoms with Crippen molar-refractivity contribution in [2.24, 2.45) is 7.05 Å². The first-order valence-electron chi connectivity index (χ1n) is 10.9. The van der Waals surface area contributed by atoms with E-state index in [1.807, 2.05) is 66.3 Å². The summed E-state index contributed by atoms with van der Waals surface area (Å²) in [4.78, 5) is 25.8. The van der Waals surface area contributed by atoms with Crippen LogP contribution < -0.4 is 0 Å². The number of benzene rings is 3. The van der Waals surface area contributed by atoms with Crippen LogP contribution in [0.5, 0.6) is 0 Å². The summed E-state index contributed by atoms with van der Waals surface area (Å²) in [5, 5.41) is 10.5. The fraction of sp³-hybridized carbons (Fsp3) is 0.185. The average molecular weight is 440 g/mol. The molecule has 0 bridgehead atoms. The summed E-state index contributed by atoms with van der Waals surface area (Å²) in [5.41, 5.74) is 6.36. The molecule has 1 heterocycles. The van der Waals surface area contributed by atoms with Crippen LogP contribution in [-0.2, 0) is 23.1 Å². The van der Waals surface area contributed by atoms with Gasteiger partial charge in [0.1, 0.15) is 13.2 Å². The number of amides is 1. The number of aromatic nitrogens is 1. The molecule has 1 aliphatic rings. The molecule has 33 heavy (non-hydrogen) atoms. The van der Waals surface area contributed by atoms with E-state index in [0.717, 1.165) is 38.7 Å². The number of para-hydroxylation sites is 1. The standard InChI is InChI=1S/C27H24N2O4/c1-28-14-13-18-7-6-8-19(26(18)28)15-29(16-25(30)31)27(32)33-17-24-22-11-4-2-9-20(22)21-10-3-5-12-23(21)24/h2-14,24H,15-17H2,1H3,(H,30,31). The minimum Gasteiger partial charge on any atom is -0.480 e. The van der Waals surface area contributed by atoms with Crippen LogP contribution in [0, 0.1) is 0 Å². The summed E-state index contributed by atoms with van der Waals surface area (Å²) in [7, 11) is 1.93. The van der Waals surface area contributed by atoms with Gasteiger partial charge in [0, 0.05) is 19.2 Å². The summed E-state index contributed by atoms with van der Waals surface area (Å²) in [6.45, 7) is -0.132. The lowest BCUT2D eigenvalue weighted by Crippen LogP contribution is -2.36. The van der Waals surface area contributed by atoms with E-state index in [-0.39, 0.29) is 19.1 Å². The van der Waals surface area contributed by atoms with Gasteiger partial charge in [0.2, 0.25) is 0 Å². The number of hydrogen-bond donors (Lipinski definition) is 1. The maximum atomic E-state index is 13.1. The number of nitrogens with zero attached hydrogens (tertiary/aromatic N) is 2. The second kappa shape index (κ2) is 8.47. The second-order valence-corrected chi connectivity index (χ2v) is 8.34. The van der Waals surface area contributed by atoms with Gasteiger partial charge in [-0.25, -0.2) is 4.79 Å². The predicted octanol–water partition coefficient (Wildman–Crippen LogP) is 5.01.